The van der Waals surface area contributed by atoms with Crippen LogP contribution in [0.4, 0.5) is 5.69 Å². The van der Waals surface area contributed by atoms with Gasteiger partial charge in [0.1, 0.15) is 0 Å². The Balaban J connectivity index is 1.90. The number of aromatic nitrogens is 2. The lowest BCUT2D eigenvalue weighted by molar-refractivity contribution is 0.102. The first-order chi connectivity index (χ1) is 9.66. The van der Waals surface area contributed by atoms with E-state index in [1.54, 1.807) is 0 Å². The van der Waals surface area contributed by atoms with Crippen molar-refractivity contribution in [2.45, 2.75) is 26.8 Å². The lowest BCUT2D eigenvalue weighted by Crippen LogP contribution is -2.25. The summed E-state index contributed by atoms with van der Waals surface area (Å²) in [5.41, 5.74) is 5.53. The highest BCUT2D eigenvalue weighted by Gasteiger charge is 2.18. The number of amides is 1. The van der Waals surface area contributed by atoms with Gasteiger partial charge in [-0.15, -0.1) is 0 Å². The minimum absolute atomic E-state index is 0.104. The Morgan fingerprint density at radius 2 is 2.20 bits per heavy atom. The fourth-order valence-corrected chi connectivity index (χ4v) is 2.70. The molecule has 1 amide bonds. The summed E-state index contributed by atoms with van der Waals surface area (Å²) in [4.78, 5) is 12.4. The number of aromatic amines is 1. The van der Waals surface area contributed by atoms with Crippen LogP contribution in [0.15, 0.2) is 18.2 Å². The zero-order chi connectivity index (χ0) is 14.1. The van der Waals surface area contributed by atoms with Gasteiger partial charge in [0.05, 0.1) is 11.3 Å². The number of carbonyl (C=O) groups is 1. The summed E-state index contributed by atoms with van der Waals surface area (Å²) in [6.07, 6.45) is 1.00. The van der Waals surface area contributed by atoms with E-state index in [-0.39, 0.29) is 5.91 Å². The third kappa shape index (κ3) is 2.20. The zero-order valence-corrected chi connectivity index (χ0v) is 11.7. The number of nitrogens with one attached hydrogen (secondary N) is 3. The second kappa shape index (κ2) is 5.09. The van der Waals surface area contributed by atoms with Gasteiger partial charge in [0, 0.05) is 17.9 Å². The molecule has 3 N–H and O–H groups in total. The molecule has 3 rings (SSSR count). The Morgan fingerprint density at radius 3 is 2.95 bits per heavy atom. The maximum Gasteiger partial charge on any atom is 0.259 e. The molecule has 2 aromatic rings. The monoisotopic (exact) mass is 270 g/mol. The van der Waals surface area contributed by atoms with Crippen molar-refractivity contribution in [2.24, 2.45) is 0 Å². The fraction of sp³-hybridized carbons (Fsp3) is 0.333. The van der Waals surface area contributed by atoms with Gasteiger partial charge in [0.2, 0.25) is 0 Å². The van der Waals surface area contributed by atoms with Crippen molar-refractivity contribution in [1.82, 2.24) is 15.5 Å². The SMILES string of the molecule is Cc1n[nH]c(C)c1C(=O)Nc1cccc2c1CNCC2. The van der Waals surface area contributed by atoms with E-state index in [1.807, 2.05) is 26.0 Å². The van der Waals surface area contributed by atoms with Gasteiger partial charge in [-0.2, -0.15) is 5.10 Å². The smallest absolute Gasteiger partial charge is 0.259 e. The molecule has 5 nitrogen and oxygen atoms in total. The van der Waals surface area contributed by atoms with Crippen LogP contribution in [-0.2, 0) is 13.0 Å². The van der Waals surface area contributed by atoms with Gasteiger partial charge in [-0.3, -0.25) is 9.89 Å². The van der Waals surface area contributed by atoms with Gasteiger partial charge in [-0.05, 0) is 44.0 Å². The van der Waals surface area contributed by atoms with Crippen LogP contribution in [0.25, 0.3) is 0 Å². The van der Waals surface area contributed by atoms with Crippen LogP contribution in [0, 0.1) is 13.8 Å². The number of rotatable bonds is 2. The molecule has 0 bridgehead atoms. The number of carbonyl (C=O) groups excluding carboxylic acids is 1. The molecule has 0 atom stereocenters. The minimum Gasteiger partial charge on any atom is -0.322 e. The molecular formula is C15H18N4O. The maximum atomic E-state index is 12.4. The van der Waals surface area contributed by atoms with Crippen molar-refractivity contribution in [2.75, 3.05) is 11.9 Å². The number of nitrogens with zero attached hydrogens (tertiary/aromatic N) is 1. The van der Waals surface area contributed by atoms with E-state index < -0.39 is 0 Å². The van der Waals surface area contributed by atoms with Gasteiger partial charge in [0.15, 0.2) is 0 Å². The zero-order valence-electron chi connectivity index (χ0n) is 11.7. The highest BCUT2D eigenvalue weighted by molar-refractivity contribution is 6.06. The summed E-state index contributed by atoms with van der Waals surface area (Å²) < 4.78 is 0. The van der Waals surface area contributed by atoms with Crippen molar-refractivity contribution in [3.8, 4) is 0 Å². The van der Waals surface area contributed by atoms with Crippen LogP contribution in [0.3, 0.4) is 0 Å². The van der Waals surface area contributed by atoms with Gasteiger partial charge in [0.25, 0.3) is 5.91 Å². The van der Waals surface area contributed by atoms with E-state index in [9.17, 15) is 4.79 Å². The van der Waals surface area contributed by atoms with E-state index in [0.29, 0.717) is 5.56 Å². The highest BCUT2D eigenvalue weighted by Crippen LogP contribution is 2.24. The first-order valence-corrected chi connectivity index (χ1v) is 6.81. The molecule has 2 heterocycles. The van der Waals surface area contributed by atoms with Gasteiger partial charge >= 0.3 is 0 Å². The molecule has 1 aromatic heterocycles. The minimum atomic E-state index is -0.104. The second-order valence-electron chi connectivity index (χ2n) is 5.13. The Bertz CT molecular complexity index is 640. The van der Waals surface area contributed by atoms with Gasteiger partial charge < -0.3 is 10.6 Å². The molecule has 20 heavy (non-hydrogen) atoms. The van der Waals surface area contributed by atoms with Crippen LogP contribution in [-0.4, -0.2) is 22.6 Å². The topological polar surface area (TPSA) is 69.8 Å². The number of benzene rings is 1. The Morgan fingerprint density at radius 1 is 1.35 bits per heavy atom. The summed E-state index contributed by atoms with van der Waals surface area (Å²) in [7, 11) is 0. The lowest BCUT2D eigenvalue weighted by Gasteiger charge is -2.20. The third-order valence-corrected chi connectivity index (χ3v) is 3.75. The van der Waals surface area contributed by atoms with Gasteiger partial charge in [-0.25, -0.2) is 0 Å². The molecule has 1 aromatic carbocycles. The summed E-state index contributed by atoms with van der Waals surface area (Å²) in [6.45, 7) is 5.48. The predicted molar refractivity (Wildman–Crippen MR) is 77.9 cm³/mol. The van der Waals surface area contributed by atoms with Crippen LogP contribution in [0.2, 0.25) is 0 Å². The molecule has 1 aliphatic rings. The molecule has 0 spiro atoms. The quantitative estimate of drug-likeness (QED) is 0.781. The van der Waals surface area contributed by atoms with Crippen LogP contribution in [0.1, 0.15) is 32.9 Å². The third-order valence-electron chi connectivity index (χ3n) is 3.75. The van der Waals surface area contributed by atoms with Crippen molar-refractivity contribution in [1.29, 1.82) is 0 Å². The normalized spacial score (nSPS) is 13.9. The Kier molecular flexibility index (Phi) is 3.28. The van der Waals surface area contributed by atoms with E-state index >= 15 is 0 Å². The second-order valence-corrected chi connectivity index (χ2v) is 5.13. The van der Waals surface area contributed by atoms with Crippen LogP contribution in [0.5, 0.6) is 0 Å². The molecule has 0 unspecified atom stereocenters. The molecule has 0 radical (unpaired) electrons. The summed E-state index contributed by atoms with van der Waals surface area (Å²) in [5, 5.41) is 13.3. The molecule has 0 aliphatic carbocycles. The molecule has 0 saturated heterocycles. The number of H-pyrrole nitrogens is 1. The lowest BCUT2D eigenvalue weighted by atomic mass is 9.99. The van der Waals surface area contributed by atoms with Gasteiger partial charge in [-0.1, -0.05) is 12.1 Å². The number of hydrogen-bond donors (Lipinski definition) is 3. The maximum absolute atomic E-state index is 12.4. The molecule has 0 fully saturated rings. The van der Waals surface area contributed by atoms with Crippen molar-refractivity contribution < 1.29 is 4.79 Å². The number of aryl methyl sites for hydroxylation is 2. The highest BCUT2D eigenvalue weighted by atomic mass is 16.1. The Labute approximate surface area is 117 Å². The molecule has 0 saturated carbocycles. The molecule has 104 valence electrons. The fourth-order valence-electron chi connectivity index (χ4n) is 2.70. The average molecular weight is 270 g/mol. The summed E-state index contributed by atoms with van der Waals surface area (Å²) in [6, 6.07) is 6.07. The standard InChI is InChI=1S/C15H18N4O/c1-9-14(10(2)19-18-9)15(20)17-13-5-3-4-11-6-7-16-8-12(11)13/h3-5,16H,6-8H2,1-2H3,(H,17,20)(H,18,19). The van der Waals surface area contributed by atoms with Crippen LogP contribution < -0.4 is 10.6 Å². The van der Waals surface area contributed by atoms with E-state index in [2.05, 4.69) is 26.9 Å². The van der Waals surface area contributed by atoms with E-state index in [0.717, 1.165) is 36.6 Å². The first-order valence-electron chi connectivity index (χ1n) is 6.81. The predicted octanol–water partition coefficient (Wildman–Crippen LogP) is 1.92. The number of fused-ring (bicyclic) bond motifs is 1. The summed E-state index contributed by atoms with van der Waals surface area (Å²) >= 11 is 0. The number of anilines is 1. The number of hydrogen-bond acceptors (Lipinski definition) is 3. The van der Waals surface area contributed by atoms with E-state index in [1.165, 1.54) is 11.1 Å². The Hall–Kier alpha value is -2.14. The first kappa shape index (κ1) is 12.9. The molecule has 5 heteroatoms. The molecular weight excluding hydrogens is 252 g/mol. The average Bonchev–Trinajstić information content (AvgIpc) is 2.78. The van der Waals surface area contributed by atoms with E-state index in [4.69, 9.17) is 0 Å². The molecule has 1 aliphatic heterocycles. The van der Waals surface area contributed by atoms with Crippen molar-refractivity contribution >= 4 is 11.6 Å². The van der Waals surface area contributed by atoms with Crippen LogP contribution >= 0.6 is 0 Å². The van der Waals surface area contributed by atoms with Crippen molar-refractivity contribution in [3.05, 3.63) is 46.3 Å². The summed E-state index contributed by atoms with van der Waals surface area (Å²) in [5.74, 6) is -0.104. The van der Waals surface area contributed by atoms with Crippen molar-refractivity contribution in [3.63, 3.8) is 0 Å². The largest absolute Gasteiger partial charge is 0.322 e.